The number of thiophene rings is 1. The Morgan fingerprint density at radius 1 is 1.04 bits per heavy atom. The lowest BCUT2D eigenvalue weighted by Gasteiger charge is -2.25. The highest BCUT2D eigenvalue weighted by Crippen LogP contribution is 2.40. The van der Waals surface area contributed by atoms with Gasteiger partial charge in [0.1, 0.15) is 11.1 Å². The molecule has 0 saturated heterocycles. The molecule has 0 unspecified atom stereocenters. The number of H-pyrrole nitrogens is 1. The summed E-state index contributed by atoms with van der Waals surface area (Å²) in [5.41, 5.74) is -0.0658. The first-order chi connectivity index (χ1) is 11.2. The predicted octanol–water partition coefficient (Wildman–Crippen LogP) is 5.35. The number of hydrogen-bond acceptors (Lipinski definition) is 3. The van der Waals surface area contributed by atoms with E-state index in [9.17, 15) is 13.2 Å². The molecule has 0 atom stereocenters. The van der Waals surface area contributed by atoms with Gasteiger partial charge in [-0.3, -0.25) is 10.1 Å². The van der Waals surface area contributed by atoms with Crippen molar-refractivity contribution in [3.05, 3.63) is 47.1 Å². The van der Waals surface area contributed by atoms with Crippen LogP contribution in [0.2, 0.25) is 0 Å². The summed E-state index contributed by atoms with van der Waals surface area (Å²) in [6, 6.07) is 9.13. The summed E-state index contributed by atoms with van der Waals surface area (Å²) in [5, 5.41) is 6.48. The Morgan fingerprint density at radius 2 is 1.79 bits per heavy atom. The molecule has 3 aromatic heterocycles. The maximum atomic E-state index is 13.1. The van der Waals surface area contributed by atoms with E-state index < -0.39 is 11.6 Å². The van der Waals surface area contributed by atoms with E-state index in [0.29, 0.717) is 11.4 Å². The zero-order chi connectivity index (χ0) is 17.5. The van der Waals surface area contributed by atoms with Gasteiger partial charge in [-0.2, -0.15) is 18.3 Å². The second-order valence-corrected chi connectivity index (χ2v) is 7.42. The number of alkyl halides is 3. The fraction of sp³-hybridized carbons (Fsp3) is 0.294. The lowest BCUT2D eigenvalue weighted by Crippen LogP contribution is -2.36. The summed E-state index contributed by atoms with van der Waals surface area (Å²) in [7, 11) is 0. The normalized spacial score (nSPS) is 12.6. The Bertz CT molecular complexity index is 845. The van der Waals surface area contributed by atoms with Crippen molar-refractivity contribution in [3.63, 3.8) is 0 Å². The van der Waals surface area contributed by atoms with Gasteiger partial charge >= 0.3 is 6.18 Å². The molecule has 3 rings (SSSR count). The van der Waals surface area contributed by atoms with E-state index in [1.165, 1.54) is 10.9 Å². The third-order valence-electron chi connectivity index (χ3n) is 4.01. The molecule has 7 heteroatoms. The first kappa shape index (κ1) is 16.7. The topological polar surface area (TPSA) is 41.6 Å². The van der Waals surface area contributed by atoms with Crippen molar-refractivity contribution < 1.29 is 13.2 Å². The van der Waals surface area contributed by atoms with Crippen LogP contribution in [0, 0.1) is 6.92 Å². The van der Waals surface area contributed by atoms with Crippen LogP contribution in [0.15, 0.2) is 36.5 Å². The van der Waals surface area contributed by atoms with Crippen LogP contribution in [0.3, 0.4) is 0 Å². The maximum Gasteiger partial charge on any atom is 0.399 e. The van der Waals surface area contributed by atoms with Crippen molar-refractivity contribution in [1.29, 1.82) is 0 Å². The van der Waals surface area contributed by atoms with Crippen LogP contribution in [0.25, 0.3) is 21.8 Å². The molecule has 24 heavy (non-hydrogen) atoms. The second kappa shape index (κ2) is 5.73. The van der Waals surface area contributed by atoms with Crippen LogP contribution < -0.4 is 0 Å². The number of halogens is 3. The van der Waals surface area contributed by atoms with E-state index >= 15 is 0 Å². The zero-order valence-corrected chi connectivity index (χ0v) is 14.2. The Labute approximate surface area is 141 Å². The molecule has 3 aromatic rings. The smallest absolute Gasteiger partial charge is 0.281 e. The molecule has 0 aliphatic carbocycles. The van der Waals surface area contributed by atoms with E-state index in [4.69, 9.17) is 0 Å². The molecule has 126 valence electrons. The highest BCUT2D eigenvalue weighted by molar-refractivity contribution is 7.15. The molecule has 3 heterocycles. The Hall–Kier alpha value is -2.15. The fourth-order valence-corrected chi connectivity index (χ4v) is 3.06. The second-order valence-electron chi connectivity index (χ2n) is 6.13. The molecule has 0 aliphatic heterocycles. The molecule has 0 radical (unpaired) electrons. The van der Waals surface area contributed by atoms with Gasteiger partial charge in [-0.15, -0.1) is 11.3 Å². The lowest BCUT2D eigenvalue weighted by molar-refractivity contribution is -0.181. The monoisotopic (exact) mass is 351 g/mol. The number of rotatable bonds is 3. The summed E-state index contributed by atoms with van der Waals surface area (Å²) in [4.78, 5) is 6.65. The number of nitrogens with one attached hydrogen (secondary N) is 1. The van der Waals surface area contributed by atoms with Gasteiger partial charge < -0.3 is 0 Å². The SMILES string of the molecule is Cc1ccc(-c2ccc(-c3cc(C(C)(C)C(F)(F)F)[nH]n3)nc2)s1. The van der Waals surface area contributed by atoms with Crippen molar-refractivity contribution >= 4 is 11.3 Å². The number of nitrogens with zero attached hydrogens (tertiary/aromatic N) is 2. The molecule has 1 N–H and O–H groups in total. The van der Waals surface area contributed by atoms with Gasteiger partial charge in [0.25, 0.3) is 0 Å². The molecule has 0 fully saturated rings. The van der Waals surface area contributed by atoms with E-state index in [1.807, 2.05) is 25.1 Å². The Kier molecular flexibility index (Phi) is 3.99. The zero-order valence-electron chi connectivity index (χ0n) is 13.4. The minimum Gasteiger partial charge on any atom is -0.281 e. The third-order valence-corrected chi connectivity index (χ3v) is 5.06. The molecule has 3 nitrogen and oxygen atoms in total. The molecule has 0 spiro atoms. The maximum absolute atomic E-state index is 13.1. The molecular weight excluding hydrogens is 335 g/mol. The summed E-state index contributed by atoms with van der Waals surface area (Å²) < 4.78 is 39.3. The average molecular weight is 351 g/mol. The van der Waals surface area contributed by atoms with Crippen molar-refractivity contribution in [3.8, 4) is 21.8 Å². The van der Waals surface area contributed by atoms with Gasteiger partial charge in [0.15, 0.2) is 0 Å². The lowest BCUT2D eigenvalue weighted by atomic mass is 9.88. The number of pyridine rings is 1. The highest BCUT2D eigenvalue weighted by atomic mass is 32.1. The quantitative estimate of drug-likeness (QED) is 0.691. The van der Waals surface area contributed by atoms with E-state index in [-0.39, 0.29) is 5.69 Å². The summed E-state index contributed by atoms with van der Waals surface area (Å²) in [6.45, 7) is 4.28. The van der Waals surface area contributed by atoms with Crippen LogP contribution >= 0.6 is 11.3 Å². The largest absolute Gasteiger partial charge is 0.399 e. The van der Waals surface area contributed by atoms with E-state index in [1.54, 1.807) is 23.6 Å². The number of aromatic amines is 1. The van der Waals surface area contributed by atoms with Crippen molar-refractivity contribution in [2.75, 3.05) is 0 Å². The number of aryl methyl sites for hydroxylation is 1. The highest BCUT2D eigenvalue weighted by Gasteiger charge is 2.49. The van der Waals surface area contributed by atoms with Gasteiger partial charge in [0.05, 0.1) is 11.4 Å². The number of hydrogen-bond donors (Lipinski definition) is 1. The van der Waals surface area contributed by atoms with Crippen molar-refractivity contribution in [2.24, 2.45) is 0 Å². The standard InChI is InChI=1S/C17H16F3N3S/c1-10-4-7-14(24-10)11-5-6-12(21-9-11)13-8-15(23-22-13)16(2,3)17(18,19)20/h4-9H,1-3H3,(H,22,23). The van der Waals surface area contributed by atoms with Gasteiger partial charge in [0, 0.05) is 21.5 Å². The summed E-state index contributed by atoms with van der Waals surface area (Å²) in [6.07, 6.45) is -2.64. The summed E-state index contributed by atoms with van der Waals surface area (Å²) >= 11 is 1.67. The van der Waals surface area contributed by atoms with Gasteiger partial charge in [0.2, 0.25) is 0 Å². The van der Waals surface area contributed by atoms with Gasteiger partial charge in [-0.25, -0.2) is 0 Å². The van der Waals surface area contributed by atoms with Crippen LogP contribution in [0.1, 0.15) is 24.4 Å². The first-order valence-electron chi connectivity index (χ1n) is 7.34. The van der Waals surface area contributed by atoms with Crippen LogP contribution in [0.4, 0.5) is 13.2 Å². The van der Waals surface area contributed by atoms with E-state index in [2.05, 4.69) is 15.2 Å². The minimum atomic E-state index is -4.36. The predicted molar refractivity (Wildman–Crippen MR) is 88.9 cm³/mol. The first-order valence-corrected chi connectivity index (χ1v) is 8.16. The van der Waals surface area contributed by atoms with Crippen LogP contribution in [0.5, 0.6) is 0 Å². The molecule has 0 saturated carbocycles. The molecule has 0 aliphatic rings. The molecule has 0 bridgehead atoms. The fourth-order valence-electron chi connectivity index (χ4n) is 2.21. The van der Waals surface area contributed by atoms with Crippen LogP contribution in [-0.2, 0) is 5.41 Å². The van der Waals surface area contributed by atoms with Crippen molar-refractivity contribution in [1.82, 2.24) is 15.2 Å². The number of aromatic nitrogens is 3. The Balaban J connectivity index is 1.88. The van der Waals surface area contributed by atoms with Gasteiger partial charge in [-0.1, -0.05) is 0 Å². The van der Waals surface area contributed by atoms with Gasteiger partial charge in [-0.05, 0) is 51.1 Å². The average Bonchev–Trinajstić information content (AvgIpc) is 3.15. The third kappa shape index (κ3) is 2.96. The molecule has 0 aromatic carbocycles. The molecular formula is C17H16F3N3S. The molecule has 0 amide bonds. The van der Waals surface area contributed by atoms with Crippen molar-refractivity contribution in [2.45, 2.75) is 32.4 Å². The van der Waals surface area contributed by atoms with Crippen LogP contribution in [-0.4, -0.2) is 21.4 Å². The van der Waals surface area contributed by atoms with E-state index in [0.717, 1.165) is 24.3 Å². The Morgan fingerprint density at radius 3 is 2.33 bits per heavy atom. The minimum absolute atomic E-state index is 0.0183. The summed E-state index contributed by atoms with van der Waals surface area (Å²) in [5.74, 6) is 0.